The standard InChI is InChI=1S/C18H23N3O2S/c1-13-17(24-12-20-13)10-21-9-16(18-15(21)5-3-7-22-18)23-11-14-4-2-6-19-8-14/h2,4,6,8,12,15-16,18H,3,5,7,9-11H2,1H3/t15-,16-,18+/m1/s1. The summed E-state index contributed by atoms with van der Waals surface area (Å²) in [4.78, 5) is 12.4. The molecule has 2 aromatic heterocycles. The molecule has 2 aliphatic heterocycles. The van der Waals surface area contributed by atoms with Crippen LogP contribution < -0.4 is 0 Å². The SMILES string of the molecule is Cc1ncsc1CN1C[C@@H](OCc2cccnc2)[C@H]2OCCC[C@H]21. The maximum absolute atomic E-state index is 6.22. The molecule has 5 nitrogen and oxygen atoms in total. The fourth-order valence-electron chi connectivity index (χ4n) is 3.68. The van der Waals surface area contributed by atoms with E-state index in [4.69, 9.17) is 9.47 Å². The first-order valence-electron chi connectivity index (χ1n) is 8.56. The Morgan fingerprint density at radius 3 is 3.21 bits per heavy atom. The summed E-state index contributed by atoms with van der Waals surface area (Å²) in [5.41, 5.74) is 4.20. The zero-order valence-corrected chi connectivity index (χ0v) is 14.7. The number of rotatable bonds is 5. The number of thiazole rings is 1. The van der Waals surface area contributed by atoms with Gasteiger partial charge in [-0.3, -0.25) is 9.88 Å². The Kier molecular flexibility index (Phi) is 4.89. The third kappa shape index (κ3) is 3.37. The van der Waals surface area contributed by atoms with Crippen molar-refractivity contribution in [2.75, 3.05) is 13.2 Å². The van der Waals surface area contributed by atoms with Gasteiger partial charge in [0.25, 0.3) is 0 Å². The highest BCUT2D eigenvalue weighted by atomic mass is 32.1. The van der Waals surface area contributed by atoms with Crippen molar-refractivity contribution in [3.63, 3.8) is 0 Å². The van der Waals surface area contributed by atoms with E-state index in [-0.39, 0.29) is 12.2 Å². The molecule has 128 valence electrons. The number of ether oxygens (including phenoxy) is 2. The molecule has 24 heavy (non-hydrogen) atoms. The smallest absolute Gasteiger partial charge is 0.100 e. The molecule has 3 atom stereocenters. The summed E-state index contributed by atoms with van der Waals surface area (Å²) in [6.07, 6.45) is 6.29. The van der Waals surface area contributed by atoms with Gasteiger partial charge in [-0.2, -0.15) is 0 Å². The van der Waals surface area contributed by atoms with Crippen LogP contribution in [0.1, 0.15) is 29.0 Å². The minimum atomic E-state index is 0.128. The normalized spacial score (nSPS) is 27.3. The first-order valence-corrected chi connectivity index (χ1v) is 9.44. The molecule has 6 heteroatoms. The lowest BCUT2D eigenvalue weighted by Crippen LogP contribution is -2.41. The highest BCUT2D eigenvalue weighted by molar-refractivity contribution is 7.09. The Morgan fingerprint density at radius 1 is 1.46 bits per heavy atom. The number of aryl methyl sites for hydroxylation is 1. The molecule has 4 rings (SSSR count). The molecule has 0 bridgehead atoms. The van der Waals surface area contributed by atoms with Crippen molar-refractivity contribution >= 4 is 11.3 Å². The Balaban J connectivity index is 1.44. The van der Waals surface area contributed by atoms with Gasteiger partial charge in [0, 0.05) is 43.0 Å². The van der Waals surface area contributed by atoms with Gasteiger partial charge >= 0.3 is 0 Å². The van der Waals surface area contributed by atoms with Crippen molar-refractivity contribution in [3.8, 4) is 0 Å². The third-order valence-electron chi connectivity index (χ3n) is 4.96. The molecule has 2 saturated heterocycles. The monoisotopic (exact) mass is 345 g/mol. The molecule has 0 aromatic carbocycles. The van der Waals surface area contributed by atoms with Crippen molar-refractivity contribution in [3.05, 3.63) is 46.2 Å². The minimum Gasteiger partial charge on any atom is -0.374 e. The van der Waals surface area contributed by atoms with Crippen molar-refractivity contribution in [1.82, 2.24) is 14.9 Å². The molecule has 2 aliphatic rings. The maximum Gasteiger partial charge on any atom is 0.100 e. The Hall–Kier alpha value is -1.34. The molecule has 0 amide bonds. The van der Waals surface area contributed by atoms with Crippen LogP contribution in [0.15, 0.2) is 30.0 Å². The molecule has 2 aromatic rings. The number of hydrogen-bond acceptors (Lipinski definition) is 6. The van der Waals surface area contributed by atoms with Gasteiger partial charge in [-0.15, -0.1) is 11.3 Å². The average Bonchev–Trinajstić information content (AvgIpc) is 3.19. The summed E-state index contributed by atoms with van der Waals surface area (Å²) in [6.45, 7) is 5.41. The van der Waals surface area contributed by atoms with Crippen LogP contribution in [-0.2, 0) is 22.6 Å². The average molecular weight is 345 g/mol. The summed E-state index contributed by atoms with van der Waals surface area (Å²) in [6, 6.07) is 4.46. The number of hydrogen-bond donors (Lipinski definition) is 0. The van der Waals surface area contributed by atoms with E-state index >= 15 is 0 Å². The van der Waals surface area contributed by atoms with Crippen LogP contribution >= 0.6 is 11.3 Å². The summed E-state index contributed by atoms with van der Waals surface area (Å²) < 4.78 is 12.3. The minimum absolute atomic E-state index is 0.128. The Bertz CT molecular complexity index is 663. The second kappa shape index (κ2) is 7.27. The van der Waals surface area contributed by atoms with Crippen LogP contribution in [0.2, 0.25) is 0 Å². The van der Waals surface area contributed by atoms with E-state index < -0.39 is 0 Å². The van der Waals surface area contributed by atoms with Gasteiger partial charge in [-0.05, 0) is 31.4 Å². The fraction of sp³-hybridized carbons (Fsp3) is 0.556. The lowest BCUT2D eigenvalue weighted by atomic mass is 10.0. The van der Waals surface area contributed by atoms with Crippen molar-refractivity contribution in [2.45, 2.75) is 51.2 Å². The molecule has 0 unspecified atom stereocenters. The lowest BCUT2D eigenvalue weighted by molar-refractivity contribution is -0.0819. The van der Waals surface area contributed by atoms with E-state index in [0.29, 0.717) is 12.6 Å². The molecular weight excluding hydrogens is 322 g/mol. The Labute approximate surface area is 146 Å². The van der Waals surface area contributed by atoms with E-state index in [9.17, 15) is 0 Å². The van der Waals surface area contributed by atoms with Crippen LogP contribution in [0.3, 0.4) is 0 Å². The van der Waals surface area contributed by atoms with Crippen molar-refractivity contribution in [2.24, 2.45) is 0 Å². The van der Waals surface area contributed by atoms with Gasteiger partial charge in [0.05, 0.1) is 23.9 Å². The zero-order chi connectivity index (χ0) is 16.4. The second-order valence-electron chi connectivity index (χ2n) is 6.55. The summed E-state index contributed by atoms with van der Waals surface area (Å²) in [5, 5.41) is 0. The second-order valence-corrected chi connectivity index (χ2v) is 7.49. The molecule has 0 spiro atoms. The fourth-order valence-corrected chi connectivity index (χ4v) is 4.48. The van der Waals surface area contributed by atoms with Gasteiger partial charge in [0.2, 0.25) is 0 Å². The molecule has 0 N–H and O–H groups in total. The first kappa shape index (κ1) is 16.1. The van der Waals surface area contributed by atoms with Gasteiger partial charge in [0.1, 0.15) is 6.10 Å². The van der Waals surface area contributed by atoms with E-state index in [1.165, 1.54) is 11.3 Å². The largest absolute Gasteiger partial charge is 0.374 e. The molecule has 0 radical (unpaired) electrons. The van der Waals surface area contributed by atoms with Crippen LogP contribution in [0.4, 0.5) is 0 Å². The summed E-state index contributed by atoms with van der Waals surface area (Å²) >= 11 is 1.74. The highest BCUT2D eigenvalue weighted by Crippen LogP contribution is 2.33. The number of fused-ring (bicyclic) bond motifs is 1. The van der Waals surface area contributed by atoms with Crippen LogP contribution in [0, 0.1) is 6.92 Å². The van der Waals surface area contributed by atoms with Crippen molar-refractivity contribution in [1.29, 1.82) is 0 Å². The Morgan fingerprint density at radius 2 is 2.42 bits per heavy atom. The van der Waals surface area contributed by atoms with Crippen LogP contribution in [0.5, 0.6) is 0 Å². The van der Waals surface area contributed by atoms with Gasteiger partial charge in [-0.1, -0.05) is 6.07 Å². The molecular formula is C18H23N3O2S. The molecule has 0 aliphatic carbocycles. The summed E-state index contributed by atoms with van der Waals surface area (Å²) in [5.74, 6) is 0. The summed E-state index contributed by atoms with van der Waals surface area (Å²) in [7, 11) is 0. The maximum atomic E-state index is 6.22. The van der Waals surface area contributed by atoms with E-state index in [1.807, 2.05) is 17.8 Å². The molecule has 2 fully saturated rings. The van der Waals surface area contributed by atoms with Gasteiger partial charge in [-0.25, -0.2) is 4.98 Å². The number of nitrogens with zero attached hydrogens (tertiary/aromatic N) is 3. The number of aromatic nitrogens is 2. The van der Waals surface area contributed by atoms with E-state index in [0.717, 1.165) is 37.4 Å². The van der Waals surface area contributed by atoms with E-state index in [2.05, 4.69) is 27.9 Å². The molecule has 4 heterocycles. The van der Waals surface area contributed by atoms with Gasteiger partial charge < -0.3 is 9.47 Å². The quantitative estimate of drug-likeness (QED) is 0.834. The van der Waals surface area contributed by atoms with Crippen LogP contribution in [-0.4, -0.2) is 46.3 Å². The number of pyridine rings is 1. The first-order chi connectivity index (χ1) is 11.8. The lowest BCUT2D eigenvalue weighted by Gasteiger charge is -2.32. The van der Waals surface area contributed by atoms with Crippen molar-refractivity contribution < 1.29 is 9.47 Å². The predicted octanol–water partition coefficient (Wildman–Crippen LogP) is 2.80. The van der Waals surface area contributed by atoms with Gasteiger partial charge in [0.15, 0.2) is 0 Å². The third-order valence-corrected chi connectivity index (χ3v) is 5.88. The topological polar surface area (TPSA) is 47.5 Å². The number of likely N-dealkylation sites (tertiary alicyclic amines) is 1. The molecule has 0 saturated carbocycles. The van der Waals surface area contributed by atoms with E-state index in [1.54, 1.807) is 17.5 Å². The highest BCUT2D eigenvalue weighted by Gasteiger charge is 2.44. The van der Waals surface area contributed by atoms with Crippen LogP contribution in [0.25, 0.3) is 0 Å². The zero-order valence-electron chi connectivity index (χ0n) is 13.9. The predicted molar refractivity (Wildman–Crippen MR) is 92.8 cm³/mol.